The Labute approximate surface area is 383 Å². The molecule has 1 aliphatic rings. The number of carbonyl (C=O) groups excluding carboxylic acids is 1. The molecule has 336 valence electrons. The predicted molar refractivity (Wildman–Crippen MR) is 246 cm³/mol. The molecule has 1 aliphatic heterocycles. The lowest BCUT2D eigenvalue weighted by Gasteiger charge is -2.37. The summed E-state index contributed by atoms with van der Waals surface area (Å²) in [4.78, 5) is 41.7. The molecule has 0 radical (unpaired) electrons. The molecular weight excluding hydrogens is 892 g/mol. The van der Waals surface area contributed by atoms with E-state index in [2.05, 4.69) is 25.3 Å². The summed E-state index contributed by atoms with van der Waals surface area (Å²) in [5, 5.41) is 3.56. The first-order valence-corrected chi connectivity index (χ1v) is 24.2. The van der Waals surface area contributed by atoms with E-state index in [9.17, 15) is 14.3 Å². The maximum absolute atomic E-state index is 13.7. The fourth-order valence-electron chi connectivity index (χ4n) is 7.29. The van der Waals surface area contributed by atoms with Crippen molar-refractivity contribution in [2.75, 3.05) is 45.1 Å². The minimum absolute atomic E-state index is 0.0672. The number of aromatic nitrogens is 5. The van der Waals surface area contributed by atoms with Gasteiger partial charge in [0, 0.05) is 18.4 Å². The number of nitrogens with zero attached hydrogens (tertiary/aromatic N) is 5. The number of para-hydroxylation sites is 1. The fourth-order valence-corrected chi connectivity index (χ4v) is 10.1. The number of amides is 1. The van der Waals surface area contributed by atoms with E-state index in [-0.39, 0.29) is 32.1 Å². The Morgan fingerprint density at radius 3 is 2.15 bits per heavy atom. The van der Waals surface area contributed by atoms with Gasteiger partial charge in [-0.15, -0.1) is 0 Å². The molecule has 19 heteroatoms. The summed E-state index contributed by atoms with van der Waals surface area (Å²) in [6, 6.07) is 39.5. The Morgan fingerprint density at radius 1 is 0.831 bits per heavy atom. The van der Waals surface area contributed by atoms with Crippen molar-refractivity contribution < 1.29 is 47.0 Å². The lowest BCUT2D eigenvalue weighted by Crippen LogP contribution is -2.38. The van der Waals surface area contributed by atoms with Gasteiger partial charge in [0.25, 0.3) is 5.91 Å². The number of fused-ring (bicyclic) bond motifs is 1. The number of methoxy groups -OCH3 is 2. The third-order valence-corrected chi connectivity index (χ3v) is 13.6. The molecule has 65 heavy (non-hydrogen) atoms. The number of nitrogens with one attached hydrogen (secondary N) is 1. The van der Waals surface area contributed by atoms with E-state index in [0.29, 0.717) is 34.2 Å². The van der Waals surface area contributed by atoms with Crippen molar-refractivity contribution in [1.82, 2.24) is 24.5 Å². The summed E-state index contributed by atoms with van der Waals surface area (Å²) in [5.41, 5.74) is 1.76. The molecule has 4 heterocycles. The molecule has 1 saturated heterocycles. The van der Waals surface area contributed by atoms with Gasteiger partial charge in [-0.3, -0.25) is 18.4 Å². The number of carbonyl (C=O) groups is 1. The number of phosphoric acid groups is 1. The van der Waals surface area contributed by atoms with Gasteiger partial charge in [-0.1, -0.05) is 89.7 Å². The number of phosphoric ester groups is 1. The van der Waals surface area contributed by atoms with E-state index in [1.165, 1.54) is 34.2 Å². The first-order valence-electron chi connectivity index (χ1n) is 20.4. The van der Waals surface area contributed by atoms with Crippen molar-refractivity contribution in [3.8, 4) is 17.2 Å². The maximum atomic E-state index is 13.7. The third-order valence-electron chi connectivity index (χ3n) is 10.3. The van der Waals surface area contributed by atoms with Crippen LogP contribution in [0.1, 0.15) is 29.3 Å². The number of pyridine rings is 1. The van der Waals surface area contributed by atoms with E-state index in [1.807, 2.05) is 115 Å². The van der Waals surface area contributed by atoms with Gasteiger partial charge in [0.1, 0.15) is 52.6 Å². The van der Waals surface area contributed by atoms with Crippen LogP contribution in [0.25, 0.3) is 11.2 Å². The van der Waals surface area contributed by atoms with Crippen LogP contribution in [-0.4, -0.2) is 87.3 Å². The Kier molecular flexibility index (Phi) is 15.1. The monoisotopic (exact) mass is 936 g/mol. The number of imidazole rings is 1. The average Bonchev–Trinajstić information content (AvgIpc) is 3.96. The highest BCUT2D eigenvalue weighted by Crippen LogP contribution is 2.50. The first kappa shape index (κ1) is 45.7. The molecule has 0 spiro atoms. The smallest absolute Gasteiger partial charge is 0.472 e. The Morgan fingerprint density at radius 2 is 1.49 bits per heavy atom. The summed E-state index contributed by atoms with van der Waals surface area (Å²) in [6.07, 6.45) is 1.79. The van der Waals surface area contributed by atoms with Crippen molar-refractivity contribution in [2.45, 2.75) is 35.5 Å². The van der Waals surface area contributed by atoms with Crippen LogP contribution in [0, 0.1) is 0 Å². The third kappa shape index (κ3) is 11.2. The predicted octanol–water partition coefficient (Wildman–Crippen LogP) is 8.49. The summed E-state index contributed by atoms with van der Waals surface area (Å²) in [5.74, 6) is 1.96. The van der Waals surface area contributed by atoms with E-state index in [0.717, 1.165) is 21.7 Å². The summed E-state index contributed by atoms with van der Waals surface area (Å²) in [7, 11) is 1.40. The van der Waals surface area contributed by atoms with Crippen molar-refractivity contribution in [1.29, 1.82) is 0 Å². The van der Waals surface area contributed by atoms with Crippen molar-refractivity contribution in [3.05, 3.63) is 163 Å². The zero-order valence-corrected chi connectivity index (χ0v) is 37.8. The van der Waals surface area contributed by atoms with E-state index in [1.54, 1.807) is 37.1 Å². The lowest BCUT2D eigenvalue weighted by molar-refractivity contribution is -0.118. The molecule has 4 aromatic carbocycles. The number of ether oxygens (including phenoxy) is 5. The Hall–Kier alpha value is -5.82. The second-order valence-corrected chi connectivity index (χ2v) is 18.2. The molecule has 0 saturated carbocycles. The molecular formula is C46H45N6O10PS2. The van der Waals surface area contributed by atoms with E-state index in [4.69, 9.17) is 32.7 Å². The van der Waals surface area contributed by atoms with Crippen molar-refractivity contribution in [2.24, 2.45) is 0 Å². The van der Waals surface area contributed by atoms with Crippen LogP contribution < -0.4 is 19.5 Å². The molecule has 16 nitrogen and oxygen atoms in total. The number of anilines is 1. The van der Waals surface area contributed by atoms with Crippen LogP contribution in [0.4, 0.5) is 5.82 Å². The molecule has 8 rings (SSSR count). The molecule has 4 atom stereocenters. The minimum atomic E-state index is -4.66. The summed E-state index contributed by atoms with van der Waals surface area (Å²) < 4.78 is 57.4. The molecule has 0 bridgehead atoms. The average molecular weight is 937 g/mol. The van der Waals surface area contributed by atoms with Gasteiger partial charge in [0.05, 0.1) is 33.8 Å². The van der Waals surface area contributed by atoms with Gasteiger partial charge in [-0.2, -0.15) is 0 Å². The first-order chi connectivity index (χ1) is 31.7. The Bertz CT molecular complexity index is 2620. The second kappa shape index (κ2) is 21.4. The molecule has 1 amide bonds. The van der Waals surface area contributed by atoms with Crippen LogP contribution in [0.2, 0.25) is 0 Å². The Balaban J connectivity index is 1.08. The molecule has 0 aliphatic carbocycles. The quantitative estimate of drug-likeness (QED) is 0.0302. The number of hydrogen-bond acceptors (Lipinski definition) is 15. The van der Waals surface area contributed by atoms with Gasteiger partial charge in [-0.05, 0) is 76.0 Å². The maximum Gasteiger partial charge on any atom is 0.472 e. The number of hydrogen-bond donors (Lipinski definition) is 2. The van der Waals surface area contributed by atoms with Crippen LogP contribution in [-0.2, 0) is 33.5 Å². The summed E-state index contributed by atoms with van der Waals surface area (Å²) >= 11 is 0. The summed E-state index contributed by atoms with van der Waals surface area (Å²) in [6.45, 7) is -0.462. The largest absolute Gasteiger partial charge is 0.497 e. The number of benzene rings is 4. The van der Waals surface area contributed by atoms with Crippen molar-refractivity contribution in [3.63, 3.8) is 0 Å². The molecule has 1 fully saturated rings. The van der Waals surface area contributed by atoms with Crippen LogP contribution in [0.5, 0.6) is 17.2 Å². The highest BCUT2D eigenvalue weighted by Gasteiger charge is 2.45. The minimum Gasteiger partial charge on any atom is -0.497 e. The van der Waals surface area contributed by atoms with Gasteiger partial charge in [-0.25, -0.2) is 24.5 Å². The topological polar surface area (TPSA) is 187 Å². The SMILES string of the molecule is COc1ccc(C(OC[C@H]2O[C@@H](n3cnc4c(NC(=O)COc5ccccc5)ncnc43)CC2OP(=O)(O)OCCSSc2ccccn2)(c2ccccc2)c2ccc(OC)cc2)cc1. The zero-order chi connectivity index (χ0) is 45.1. The lowest BCUT2D eigenvalue weighted by atomic mass is 9.80. The molecule has 2 N–H and O–H groups in total. The molecule has 7 aromatic rings. The van der Waals surface area contributed by atoms with Gasteiger partial charge < -0.3 is 33.9 Å². The van der Waals surface area contributed by atoms with Gasteiger partial charge in [0.2, 0.25) is 0 Å². The fraction of sp³-hybridized carbons (Fsp3) is 0.239. The van der Waals surface area contributed by atoms with E-state index < -0.39 is 37.8 Å². The van der Waals surface area contributed by atoms with E-state index >= 15 is 0 Å². The normalized spacial score (nSPS) is 17.1. The molecule has 2 unspecified atom stereocenters. The van der Waals surface area contributed by atoms with Crippen LogP contribution in [0.3, 0.4) is 0 Å². The van der Waals surface area contributed by atoms with Gasteiger partial charge in [0.15, 0.2) is 23.6 Å². The number of rotatable bonds is 21. The second-order valence-electron chi connectivity index (χ2n) is 14.4. The van der Waals surface area contributed by atoms with Crippen LogP contribution >= 0.6 is 29.4 Å². The van der Waals surface area contributed by atoms with Crippen molar-refractivity contribution >= 4 is 52.3 Å². The van der Waals surface area contributed by atoms with Crippen LogP contribution in [0.15, 0.2) is 151 Å². The van der Waals surface area contributed by atoms with Gasteiger partial charge >= 0.3 is 7.82 Å². The standard InChI is InChI=1S/C46H45N6O10PS2/c1-56-35-20-16-33(17-21-35)46(32-11-5-3-6-12-32,34-18-22-36(57-2)23-19-34)59-28-39-38(62-63(54,55)60-25-26-64-65-41-15-9-10-24-47-41)27-42(61-39)52-31-50-43-44(48-30-49-45(43)52)51-40(53)29-58-37-13-7-4-8-14-37/h3-24,30-31,38-39,42H,25-29H2,1-2H3,(H,54,55)(H,48,49,51,53)/t38?,39-,42-/m1/s1. The highest BCUT2D eigenvalue weighted by atomic mass is 33.1. The molecule has 3 aromatic heterocycles. The highest BCUT2D eigenvalue weighted by molar-refractivity contribution is 8.76. The zero-order valence-electron chi connectivity index (χ0n) is 35.2.